The van der Waals surface area contributed by atoms with Crippen molar-refractivity contribution in [2.24, 2.45) is 5.73 Å². The van der Waals surface area contributed by atoms with Crippen molar-refractivity contribution < 1.29 is 4.79 Å². The van der Waals surface area contributed by atoms with Crippen LogP contribution in [0.15, 0.2) is 0 Å². The minimum Gasteiger partial charge on any atom is -0.370 e. The summed E-state index contributed by atoms with van der Waals surface area (Å²) in [7, 11) is 2.08. The van der Waals surface area contributed by atoms with Gasteiger partial charge in [0, 0.05) is 18.5 Å². The summed E-state index contributed by atoms with van der Waals surface area (Å²) < 4.78 is 0. The van der Waals surface area contributed by atoms with Gasteiger partial charge in [-0.15, -0.1) is 0 Å². The average molecular weight is 199 g/mol. The van der Waals surface area contributed by atoms with Crippen molar-refractivity contribution in [2.75, 3.05) is 26.7 Å². The molecule has 4 nitrogen and oxygen atoms in total. The Balaban J connectivity index is 2.55. The van der Waals surface area contributed by atoms with Crippen LogP contribution in [0.2, 0.25) is 0 Å². The second-order valence-electron chi connectivity index (χ2n) is 4.34. The molecule has 0 aromatic rings. The average Bonchev–Trinajstić information content (AvgIpc) is 2.43. The fourth-order valence-electron chi connectivity index (χ4n) is 2.15. The van der Waals surface area contributed by atoms with E-state index >= 15 is 0 Å². The molecule has 4 heteroatoms. The minimum atomic E-state index is -0.205. The minimum absolute atomic E-state index is 0.0589. The van der Waals surface area contributed by atoms with Gasteiger partial charge in [0.05, 0.1) is 0 Å². The molecule has 0 aromatic carbocycles. The number of likely N-dealkylation sites (N-methyl/N-ethyl adjacent to an activating group) is 1. The van der Waals surface area contributed by atoms with E-state index in [2.05, 4.69) is 24.2 Å². The number of nitrogens with one attached hydrogen (secondary N) is 1. The van der Waals surface area contributed by atoms with Gasteiger partial charge in [-0.3, -0.25) is 4.79 Å². The molecule has 14 heavy (non-hydrogen) atoms. The number of hydrogen-bond acceptors (Lipinski definition) is 3. The number of rotatable bonds is 5. The van der Waals surface area contributed by atoms with Crippen LogP contribution in [0.5, 0.6) is 0 Å². The van der Waals surface area contributed by atoms with Crippen LogP contribution in [0.3, 0.4) is 0 Å². The van der Waals surface area contributed by atoms with Crippen molar-refractivity contribution in [3.63, 3.8) is 0 Å². The van der Waals surface area contributed by atoms with Crippen LogP contribution in [0.25, 0.3) is 0 Å². The number of carbonyl (C=O) groups is 1. The summed E-state index contributed by atoms with van der Waals surface area (Å²) in [6.45, 7) is 5.06. The molecule has 82 valence electrons. The third kappa shape index (κ3) is 2.96. The highest BCUT2D eigenvalue weighted by molar-refractivity contribution is 5.75. The van der Waals surface area contributed by atoms with Gasteiger partial charge in [0.2, 0.25) is 5.91 Å². The van der Waals surface area contributed by atoms with Gasteiger partial charge in [0.15, 0.2) is 0 Å². The lowest BCUT2D eigenvalue weighted by molar-refractivity contribution is -0.119. The highest BCUT2D eigenvalue weighted by Gasteiger charge is 2.37. The lowest BCUT2D eigenvalue weighted by atomic mass is 9.93. The van der Waals surface area contributed by atoms with Crippen molar-refractivity contribution in [3.05, 3.63) is 0 Å². The molecule has 1 fully saturated rings. The lowest BCUT2D eigenvalue weighted by Gasteiger charge is -2.29. The molecule has 1 amide bonds. The first kappa shape index (κ1) is 11.5. The van der Waals surface area contributed by atoms with Gasteiger partial charge >= 0.3 is 0 Å². The summed E-state index contributed by atoms with van der Waals surface area (Å²) in [6.07, 6.45) is 2.56. The zero-order valence-corrected chi connectivity index (χ0v) is 9.18. The normalized spacial score (nSPS) is 28.1. The molecule has 1 unspecified atom stereocenters. The van der Waals surface area contributed by atoms with Crippen molar-refractivity contribution in [1.82, 2.24) is 10.2 Å². The smallest absolute Gasteiger partial charge is 0.219 e. The number of likely N-dealkylation sites (tertiary alicyclic amines) is 1. The monoisotopic (exact) mass is 199 g/mol. The van der Waals surface area contributed by atoms with Gasteiger partial charge < -0.3 is 16.0 Å². The largest absolute Gasteiger partial charge is 0.370 e. The van der Waals surface area contributed by atoms with Crippen molar-refractivity contribution in [1.29, 1.82) is 0 Å². The topological polar surface area (TPSA) is 58.4 Å². The molecular formula is C10H21N3O. The van der Waals surface area contributed by atoms with Gasteiger partial charge in [0.25, 0.3) is 0 Å². The van der Waals surface area contributed by atoms with Crippen molar-refractivity contribution in [3.8, 4) is 0 Å². The van der Waals surface area contributed by atoms with E-state index in [-0.39, 0.29) is 11.4 Å². The summed E-state index contributed by atoms with van der Waals surface area (Å²) in [6, 6.07) is 0. The number of hydrogen-bond donors (Lipinski definition) is 2. The standard InChI is InChI=1S/C10H21N3O/c1-3-5-12-10(7-9(11)14)4-6-13(2)8-10/h12H,3-8H2,1-2H3,(H2,11,14). The molecule has 0 aromatic heterocycles. The van der Waals surface area contributed by atoms with Crippen LogP contribution in [0.1, 0.15) is 26.2 Å². The Labute approximate surface area is 85.8 Å². The Kier molecular flexibility index (Phi) is 3.89. The van der Waals surface area contributed by atoms with E-state index in [0.29, 0.717) is 6.42 Å². The summed E-state index contributed by atoms with van der Waals surface area (Å²) in [4.78, 5) is 13.2. The van der Waals surface area contributed by atoms with Crippen LogP contribution in [0, 0.1) is 0 Å². The first-order valence-corrected chi connectivity index (χ1v) is 5.30. The van der Waals surface area contributed by atoms with E-state index in [1.165, 1.54) is 0 Å². The van der Waals surface area contributed by atoms with Crippen LogP contribution < -0.4 is 11.1 Å². The maximum absolute atomic E-state index is 11.0. The third-order valence-corrected chi connectivity index (χ3v) is 2.81. The van der Waals surface area contributed by atoms with E-state index in [1.54, 1.807) is 0 Å². The lowest BCUT2D eigenvalue weighted by Crippen LogP contribution is -2.50. The molecule has 0 aliphatic carbocycles. The molecule has 1 saturated heterocycles. The Morgan fingerprint density at radius 3 is 2.79 bits per heavy atom. The molecule has 0 radical (unpaired) electrons. The molecule has 1 heterocycles. The first-order chi connectivity index (χ1) is 6.58. The molecule has 0 spiro atoms. The first-order valence-electron chi connectivity index (χ1n) is 5.30. The summed E-state index contributed by atoms with van der Waals surface area (Å²) in [5.41, 5.74) is 5.22. The van der Waals surface area contributed by atoms with Gasteiger partial charge in [0.1, 0.15) is 0 Å². The SMILES string of the molecule is CCCNC1(CC(N)=O)CCN(C)C1. The number of carbonyl (C=O) groups excluding carboxylic acids is 1. The second-order valence-corrected chi connectivity index (χ2v) is 4.34. The second kappa shape index (κ2) is 4.75. The summed E-state index contributed by atoms with van der Waals surface area (Å²) in [5.74, 6) is -0.205. The van der Waals surface area contributed by atoms with Gasteiger partial charge in [-0.05, 0) is 33.0 Å². The molecular weight excluding hydrogens is 178 g/mol. The summed E-state index contributed by atoms with van der Waals surface area (Å²) >= 11 is 0. The number of nitrogens with zero attached hydrogens (tertiary/aromatic N) is 1. The Bertz CT molecular complexity index is 208. The summed E-state index contributed by atoms with van der Waals surface area (Å²) in [5, 5.41) is 3.46. The van der Waals surface area contributed by atoms with Crippen molar-refractivity contribution in [2.45, 2.75) is 31.7 Å². The van der Waals surface area contributed by atoms with E-state index in [4.69, 9.17) is 5.73 Å². The highest BCUT2D eigenvalue weighted by atomic mass is 16.1. The van der Waals surface area contributed by atoms with Crippen LogP contribution in [-0.2, 0) is 4.79 Å². The Morgan fingerprint density at radius 1 is 1.64 bits per heavy atom. The predicted molar refractivity (Wildman–Crippen MR) is 57.0 cm³/mol. The van der Waals surface area contributed by atoms with Gasteiger partial charge in [-0.25, -0.2) is 0 Å². The quantitative estimate of drug-likeness (QED) is 0.652. The van der Waals surface area contributed by atoms with Crippen molar-refractivity contribution >= 4 is 5.91 Å². The van der Waals surface area contributed by atoms with Gasteiger partial charge in [-0.2, -0.15) is 0 Å². The number of amides is 1. The highest BCUT2D eigenvalue weighted by Crippen LogP contribution is 2.23. The van der Waals surface area contributed by atoms with Crippen LogP contribution in [0.4, 0.5) is 0 Å². The van der Waals surface area contributed by atoms with Crippen LogP contribution in [-0.4, -0.2) is 43.0 Å². The molecule has 0 saturated carbocycles. The Morgan fingerprint density at radius 2 is 2.36 bits per heavy atom. The third-order valence-electron chi connectivity index (χ3n) is 2.81. The van der Waals surface area contributed by atoms with E-state index in [0.717, 1.165) is 32.5 Å². The fourth-order valence-corrected chi connectivity index (χ4v) is 2.15. The van der Waals surface area contributed by atoms with E-state index in [9.17, 15) is 4.79 Å². The van der Waals surface area contributed by atoms with E-state index < -0.39 is 0 Å². The predicted octanol–water partition coefficient (Wildman–Crippen LogP) is -0.0643. The molecule has 0 bridgehead atoms. The van der Waals surface area contributed by atoms with Crippen LogP contribution >= 0.6 is 0 Å². The zero-order chi connectivity index (χ0) is 10.6. The fraction of sp³-hybridized carbons (Fsp3) is 0.900. The molecule has 1 aliphatic heterocycles. The zero-order valence-electron chi connectivity index (χ0n) is 9.18. The van der Waals surface area contributed by atoms with Gasteiger partial charge in [-0.1, -0.05) is 6.92 Å². The number of nitrogens with two attached hydrogens (primary N) is 1. The van der Waals surface area contributed by atoms with E-state index in [1.807, 2.05) is 0 Å². The molecule has 3 N–H and O–H groups in total. The Hall–Kier alpha value is -0.610. The molecule has 1 aliphatic rings. The molecule has 1 atom stereocenters. The maximum Gasteiger partial charge on any atom is 0.219 e. The number of primary amides is 1. The maximum atomic E-state index is 11.0. The molecule has 1 rings (SSSR count).